The van der Waals surface area contributed by atoms with Gasteiger partial charge in [0.2, 0.25) is 11.8 Å². The van der Waals surface area contributed by atoms with Gasteiger partial charge in [0.25, 0.3) is 0 Å². The van der Waals surface area contributed by atoms with Crippen LogP contribution in [-0.4, -0.2) is 62.1 Å². The lowest BCUT2D eigenvalue weighted by Crippen LogP contribution is -2.60. The second kappa shape index (κ2) is 7.53. The van der Waals surface area contributed by atoms with E-state index in [2.05, 4.69) is 10.6 Å². The van der Waals surface area contributed by atoms with Gasteiger partial charge < -0.3 is 25.0 Å². The minimum atomic E-state index is -0.453. The van der Waals surface area contributed by atoms with Gasteiger partial charge in [-0.25, -0.2) is 0 Å². The van der Waals surface area contributed by atoms with Crippen molar-refractivity contribution in [3.05, 3.63) is 24.3 Å². The van der Waals surface area contributed by atoms with Crippen molar-refractivity contribution in [2.45, 2.75) is 25.0 Å². The Morgan fingerprint density at radius 3 is 2.46 bits per heavy atom. The first-order chi connectivity index (χ1) is 11.7. The smallest absolute Gasteiger partial charge is 0.246 e. The van der Waals surface area contributed by atoms with E-state index in [1.165, 1.54) is 0 Å². The Balaban J connectivity index is 1.48. The van der Waals surface area contributed by atoms with E-state index >= 15 is 0 Å². The fourth-order valence-corrected chi connectivity index (χ4v) is 3.04. The monoisotopic (exact) mass is 333 g/mol. The number of likely N-dealkylation sites (tertiary alicyclic amines) is 1. The molecule has 0 radical (unpaired) electrons. The van der Waals surface area contributed by atoms with Crippen LogP contribution in [0.2, 0.25) is 0 Å². The predicted molar refractivity (Wildman–Crippen MR) is 88.0 cm³/mol. The van der Waals surface area contributed by atoms with Crippen LogP contribution in [0.3, 0.4) is 0 Å². The summed E-state index contributed by atoms with van der Waals surface area (Å²) in [5, 5.41) is 5.70. The van der Waals surface area contributed by atoms with Crippen LogP contribution < -0.4 is 20.1 Å². The van der Waals surface area contributed by atoms with Gasteiger partial charge in [-0.2, -0.15) is 0 Å². The first-order valence-electron chi connectivity index (χ1n) is 8.25. The number of piperazine rings is 1. The maximum absolute atomic E-state index is 12.5. The topological polar surface area (TPSA) is 79.9 Å². The van der Waals surface area contributed by atoms with E-state index in [0.717, 1.165) is 24.3 Å². The quantitative estimate of drug-likeness (QED) is 0.820. The first kappa shape index (κ1) is 16.6. The summed E-state index contributed by atoms with van der Waals surface area (Å²) in [4.78, 5) is 25.7. The summed E-state index contributed by atoms with van der Waals surface area (Å²) >= 11 is 0. The second-order valence-electron chi connectivity index (χ2n) is 6.07. The molecular weight excluding hydrogens is 310 g/mol. The Bertz CT molecular complexity index is 582. The number of hydrogen-bond donors (Lipinski definition) is 2. The lowest BCUT2D eigenvalue weighted by atomic mass is 10.1. The molecule has 0 aliphatic carbocycles. The highest BCUT2D eigenvalue weighted by molar-refractivity contribution is 5.89. The van der Waals surface area contributed by atoms with Crippen LogP contribution in [0.5, 0.6) is 11.5 Å². The zero-order valence-electron chi connectivity index (χ0n) is 13.8. The average molecular weight is 333 g/mol. The maximum atomic E-state index is 12.5. The molecule has 3 rings (SSSR count). The van der Waals surface area contributed by atoms with Crippen LogP contribution in [-0.2, 0) is 9.59 Å². The van der Waals surface area contributed by atoms with Gasteiger partial charge in [0.1, 0.15) is 23.6 Å². The fourth-order valence-electron chi connectivity index (χ4n) is 3.04. The summed E-state index contributed by atoms with van der Waals surface area (Å²) < 4.78 is 11.1. The third-order valence-electron chi connectivity index (χ3n) is 4.38. The lowest BCUT2D eigenvalue weighted by Gasteiger charge is -2.35. The molecule has 1 aromatic rings. The molecule has 7 nitrogen and oxygen atoms in total. The molecule has 1 atom stereocenters. The number of nitrogens with one attached hydrogen (secondary N) is 2. The number of methoxy groups -OCH3 is 1. The van der Waals surface area contributed by atoms with Crippen LogP contribution >= 0.6 is 0 Å². The zero-order chi connectivity index (χ0) is 16.9. The van der Waals surface area contributed by atoms with Crippen LogP contribution in [0.15, 0.2) is 24.3 Å². The Kier molecular flexibility index (Phi) is 5.20. The summed E-state index contributed by atoms with van der Waals surface area (Å²) in [6.45, 7) is 2.06. The number of amides is 2. The van der Waals surface area contributed by atoms with Crippen molar-refractivity contribution in [1.29, 1.82) is 0 Å². The number of benzene rings is 1. The van der Waals surface area contributed by atoms with Gasteiger partial charge in [0, 0.05) is 32.5 Å². The molecule has 7 heteroatoms. The highest BCUT2D eigenvalue weighted by atomic mass is 16.5. The molecular formula is C17H23N3O4. The molecule has 2 aliphatic rings. The highest BCUT2D eigenvalue weighted by Gasteiger charge is 2.31. The van der Waals surface area contributed by atoms with E-state index in [-0.39, 0.29) is 24.5 Å². The molecule has 0 saturated carbocycles. The van der Waals surface area contributed by atoms with E-state index in [1.807, 2.05) is 29.2 Å². The molecule has 2 heterocycles. The Morgan fingerprint density at radius 1 is 1.17 bits per heavy atom. The normalized spacial score (nSPS) is 22.0. The molecule has 1 aromatic carbocycles. The Hall–Kier alpha value is -2.28. The van der Waals surface area contributed by atoms with Gasteiger partial charge in [-0.05, 0) is 24.3 Å². The van der Waals surface area contributed by atoms with E-state index in [1.54, 1.807) is 7.11 Å². The Morgan fingerprint density at radius 2 is 1.83 bits per heavy atom. The summed E-state index contributed by atoms with van der Waals surface area (Å²) in [5.74, 6) is 1.46. The van der Waals surface area contributed by atoms with Gasteiger partial charge in [0.15, 0.2) is 0 Å². The van der Waals surface area contributed by atoms with Crippen molar-refractivity contribution < 1.29 is 19.1 Å². The molecule has 0 aromatic heterocycles. The highest BCUT2D eigenvalue weighted by Crippen LogP contribution is 2.22. The fraction of sp³-hybridized carbons (Fsp3) is 0.529. The molecule has 2 amide bonds. The average Bonchev–Trinajstić information content (AvgIpc) is 2.62. The van der Waals surface area contributed by atoms with Gasteiger partial charge in [-0.15, -0.1) is 0 Å². The van der Waals surface area contributed by atoms with Crippen LogP contribution in [0.4, 0.5) is 0 Å². The summed E-state index contributed by atoms with van der Waals surface area (Å²) in [5.41, 5.74) is 0. The minimum Gasteiger partial charge on any atom is -0.497 e. The van der Waals surface area contributed by atoms with Gasteiger partial charge in [0.05, 0.1) is 13.7 Å². The van der Waals surface area contributed by atoms with E-state index < -0.39 is 6.04 Å². The molecule has 2 aliphatic heterocycles. The van der Waals surface area contributed by atoms with Crippen molar-refractivity contribution >= 4 is 11.8 Å². The number of hydrogen-bond acceptors (Lipinski definition) is 5. The van der Waals surface area contributed by atoms with Gasteiger partial charge >= 0.3 is 0 Å². The van der Waals surface area contributed by atoms with Crippen molar-refractivity contribution in [1.82, 2.24) is 15.5 Å². The molecule has 2 saturated heterocycles. The van der Waals surface area contributed by atoms with Crippen molar-refractivity contribution in [2.75, 3.05) is 33.3 Å². The Labute approximate surface area is 141 Å². The maximum Gasteiger partial charge on any atom is 0.246 e. The number of nitrogens with zero attached hydrogens (tertiary/aromatic N) is 1. The van der Waals surface area contributed by atoms with E-state index in [4.69, 9.17) is 9.47 Å². The number of piperidine rings is 1. The molecule has 0 unspecified atom stereocenters. The van der Waals surface area contributed by atoms with E-state index in [0.29, 0.717) is 19.6 Å². The van der Waals surface area contributed by atoms with Crippen molar-refractivity contribution in [3.63, 3.8) is 0 Å². The molecule has 0 bridgehead atoms. The lowest BCUT2D eigenvalue weighted by molar-refractivity contribution is -0.138. The predicted octanol–water partition coefficient (Wildman–Crippen LogP) is 0.153. The van der Waals surface area contributed by atoms with Crippen LogP contribution in [0.1, 0.15) is 12.8 Å². The largest absolute Gasteiger partial charge is 0.497 e. The summed E-state index contributed by atoms with van der Waals surface area (Å²) in [7, 11) is 1.63. The third-order valence-corrected chi connectivity index (χ3v) is 4.38. The minimum absolute atomic E-state index is 0.0153. The first-order valence-corrected chi connectivity index (χ1v) is 8.25. The number of carbonyl (C=O) groups is 2. The van der Waals surface area contributed by atoms with Gasteiger partial charge in [-0.1, -0.05) is 0 Å². The van der Waals surface area contributed by atoms with Crippen molar-refractivity contribution in [3.8, 4) is 11.5 Å². The second-order valence-corrected chi connectivity index (χ2v) is 6.07. The number of rotatable bonds is 4. The molecule has 24 heavy (non-hydrogen) atoms. The molecule has 130 valence electrons. The van der Waals surface area contributed by atoms with Gasteiger partial charge in [-0.3, -0.25) is 9.59 Å². The van der Waals surface area contributed by atoms with Crippen molar-refractivity contribution in [2.24, 2.45) is 0 Å². The molecule has 2 N–H and O–H groups in total. The number of carbonyl (C=O) groups excluding carboxylic acids is 2. The number of ether oxygens (including phenoxy) is 2. The summed E-state index contributed by atoms with van der Waals surface area (Å²) in [6.07, 6.45) is 1.67. The standard InChI is InChI=1S/C17H23N3O4/c1-23-12-2-4-13(5-3-12)24-14-6-8-20(9-7-14)17(22)15-10-18-11-16(21)19-15/h2-5,14-15,18H,6-11H2,1H3,(H,19,21)/t15-/m0/s1. The van der Waals surface area contributed by atoms with E-state index in [9.17, 15) is 9.59 Å². The zero-order valence-corrected chi connectivity index (χ0v) is 13.8. The van der Waals surface area contributed by atoms with Crippen LogP contribution in [0, 0.1) is 0 Å². The van der Waals surface area contributed by atoms with Crippen LogP contribution in [0.25, 0.3) is 0 Å². The molecule has 0 spiro atoms. The SMILES string of the molecule is COc1ccc(OC2CCN(C(=O)[C@@H]3CNCC(=O)N3)CC2)cc1. The summed E-state index contributed by atoms with van der Waals surface area (Å²) in [6, 6.07) is 7.06. The molecule has 2 fully saturated rings. The third kappa shape index (κ3) is 3.97.